The molecule has 0 saturated heterocycles. The molecule has 0 bridgehead atoms. The number of aromatic nitrogens is 3. The van der Waals surface area contributed by atoms with Crippen LogP contribution in [-0.4, -0.2) is 32.2 Å². The van der Waals surface area contributed by atoms with Gasteiger partial charge in [-0.1, -0.05) is 0 Å². The van der Waals surface area contributed by atoms with E-state index in [0.29, 0.717) is 5.82 Å². The molecule has 0 aromatic carbocycles. The van der Waals surface area contributed by atoms with Gasteiger partial charge in [0.05, 0.1) is 16.9 Å². The summed E-state index contributed by atoms with van der Waals surface area (Å²) < 4.78 is 0. The Balaban J connectivity index is 1.66. The Kier molecular flexibility index (Phi) is 4.73. The Labute approximate surface area is 114 Å². The van der Waals surface area contributed by atoms with Crippen molar-refractivity contribution in [1.82, 2.24) is 15.0 Å². The van der Waals surface area contributed by atoms with Crippen LogP contribution in [0.3, 0.4) is 0 Å². The number of imidazole rings is 1. The molecule has 2 heterocycles. The Morgan fingerprint density at radius 1 is 1.42 bits per heavy atom. The molecule has 19 heavy (non-hydrogen) atoms. The van der Waals surface area contributed by atoms with E-state index in [1.54, 1.807) is 24.2 Å². The van der Waals surface area contributed by atoms with Gasteiger partial charge in [0.15, 0.2) is 0 Å². The Morgan fingerprint density at radius 3 is 2.95 bits per heavy atom. The Hall–Kier alpha value is -2.09. The van der Waals surface area contributed by atoms with E-state index >= 15 is 0 Å². The molecule has 0 atom stereocenters. The average molecular weight is 279 g/mol. The van der Waals surface area contributed by atoms with Crippen molar-refractivity contribution in [3.05, 3.63) is 46.7 Å². The van der Waals surface area contributed by atoms with E-state index in [2.05, 4.69) is 20.3 Å². The Morgan fingerprint density at radius 2 is 2.32 bits per heavy atom. The smallest absolute Gasteiger partial charge is 0.287 e. The van der Waals surface area contributed by atoms with Crippen LogP contribution in [0.15, 0.2) is 30.9 Å². The third kappa shape index (κ3) is 4.25. The third-order valence-corrected chi connectivity index (χ3v) is 3.31. The van der Waals surface area contributed by atoms with Gasteiger partial charge in [0.1, 0.15) is 12.0 Å². The van der Waals surface area contributed by atoms with E-state index in [9.17, 15) is 10.1 Å². The number of hydrogen-bond donors (Lipinski definition) is 2. The van der Waals surface area contributed by atoms with Crippen LogP contribution in [0, 0.1) is 10.1 Å². The lowest BCUT2D eigenvalue weighted by Gasteiger charge is -2.04. The lowest BCUT2D eigenvalue weighted by atomic mass is 10.4. The molecule has 2 aromatic heterocycles. The van der Waals surface area contributed by atoms with E-state index in [-0.39, 0.29) is 5.69 Å². The van der Waals surface area contributed by atoms with Gasteiger partial charge in [-0.3, -0.25) is 10.1 Å². The number of rotatable bonds is 7. The van der Waals surface area contributed by atoms with Crippen molar-refractivity contribution < 1.29 is 4.92 Å². The molecule has 0 aliphatic heterocycles. The number of H-pyrrole nitrogens is 1. The van der Waals surface area contributed by atoms with E-state index in [1.165, 1.54) is 12.3 Å². The van der Waals surface area contributed by atoms with Crippen molar-refractivity contribution >= 4 is 23.3 Å². The summed E-state index contributed by atoms with van der Waals surface area (Å²) in [6.07, 6.45) is 4.78. The summed E-state index contributed by atoms with van der Waals surface area (Å²) in [6, 6.07) is 3.04. The fraction of sp³-hybridized carbons (Fsp3) is 0.273. The van der Waals surface area contributed by atoms with Crippen molar-refractivity contribution in [2.75, 3.05) is 17.6 Å². The van der Waals surface area contributed by atoms with E-state index in [4.69, 9.17) is 0 Å². The second kappa shape index (κ2) is 6.74. The standard InChI is InChI=1S/C11H13N5O2S/c17-16(18)10-1-2-11(14-6-10)13-3-4-19-7-9-5-12-8-15-9/h1-2,5-6,8H,3-4,7H2,(H,12,15)(H,13,14). The number of nitrogens with one attached hydrogen (secondary N) is 2. The zero-order valence-electron chi connectivity index (χ0n) is 10.1. The van der Waals surface area contributed by atoms with Crippen molar-refractivity contribution in [3.8, 4) is 0 Å². The largest absolute Gasteiger partial charge is 0.369 e. The Bertz CT molecular complexity index is 514. The second-order valence-electron chi connectivity index (χ2n) is 3.70. The number of anilines is 1. The molecule has 0 aliphatic carbocycles. The normalized spacial score (nSPS) is 10.3. The second-order valence-corrected chi connectivity index (χ2v) is 4.80. The molecule has 0 aliphatic rings. The summed E-state index contributed by atoms with van der Waals surface area (Å²) in [5.41, 5.74) is 1.02. The van der Waals surface area contributed by atoms with Crippen molar-refractivity contribution in [3.63, 3.8) is 0 Å². The van der Waals surface area contributed by atoms with Crippen LogP contribution in [0.4, 0.5) is 11.5 Å². The van der Waals surface area contributed by atoms with Crippen molar-refractivity contribution in [1.29, 1.82) is 0 Å². The van der Waals surface area contributed by atoms with Crippen molar-refractivity contribution in [2.45, 2.75) is 5.75 Å². The maximum absolute atomic E-state index is 10.5. The highest BCUT2D eigenvalue weighted by atomic mass is 32.2. The first kappa shape index (κ1) is 13.3. The summed E-state index contributed by atoms with van der Waals surface area (Å²) in [5.74, 6) is 2.41. The number of thioether (sulfide) groups is 1. The lowest BCUT2D eigenvalue weighted by molar-refractivity contribution is -0.385. The molecule has 8 heteroatoms. The van der Waals surface area contributed by atoms with E-state index < -0.39 is 4.92 Å². The number of pyridine rings is 1. The number of aromatic amines is 1. The van der Waals surface area contributed by atoms with Gasteiger partial charge >= 0.3 is 0 Å². The summed E-state index contributed by atoms with van der Waals surface area (Å²) in [7, 11) is 0. The molecule has 7 nitrogen and oxygen atoms in total. The predicted molar refractivity (Wildman–Crippen MR) is 74.1 cm³/mol. The van der Waals surface area contributed by atoms with Crippen LogP contribution in [0.1, 0.15) is 5.69 Å². The molecule has 2 aromatic rings. The molecule has 0 saturated carbocycles. The van der Waals surface area contributed by atoms with Gasteiger partial charge in [0.2, 0.25) is 0 Å². The van der Waals surface area contributed by atoms with Crippen LogP contribution >= 0.6 is 11.8 Å². The minimum atomic E-state index is -0.462. The molecule has 100 valence electrons. The van der Waals surface area contributed by atoms with Gasteiger partial charge in [-0.25, -0.2) is 9.97 Å². The summed E-state index contributed by atoms with van der Waals surface area (Å²) in [6.45, 7) is 0.750. The monoisotopic (exact) mass is 279 g/mol. The predicted octanol–water partition coefficient (Wildman–Crippen LogP) is 2.06. The molecule has 2 rings (SSSR count). The van der Waals surface area contributed by atoms with Crippen LogP contribution in [0.2, 0.25) is 0 Å². The van der Waals surface area contributed by atoms with Crippen LogP contribution < -0.4 is 5.32 Å². The first-order valence-corrected chi connectivity index (χ1v) is 6.81. The number of nitro groups is 1. The van der Waals surface area contributed by atoms with Gasteiger partial charge in [0.25, 0.3) is 5.69 Å². The first-order valence-electron chi connectivity index (χ1n) is 5.65. The topological polar surface area (TPSA) is 96.7 Å². The zero-order chi connectivity index (χ0) is 13.5. The highest BCUT2D eigenvalue weighted by molar-refractivity contribution is 7.98. The quantitative estimate of drug-likeness (QED) is 0.457. The molecule has 0 amide bonds. The first-order chi connectivity index (χ1) is 9.25. The fourth-order valence-corrected chi connectivity index (χ4v) is 2.15. The molecule has 0 fully saturated rings. The van der Waals surface area contributed by atoms with Gasteiger partial charge < -0.3 is 10.3 Å². The van der Waals surface area contributed by atoms with Gasteiger partial charge in [-0.05, 0) is 6.07 Å². The van der Waals surface area contributed by atoms with Crippen molar-refractivity contribution in [2.24, 2.45) is 0 Å². The lowest BCUT2D eigenvalue weighted by Crippen LogP contribution is -2.05. The minimum Gasteiger partial charge on any atom is -0.369 e. The number of nitrogens with zero attached hydrogens (tertiary/aromatic N) is 3. The summed E-state index contributed by atoms with van der Waals surface area (Å²) in [5, 5.41) is 13.6. The molecule has 2 N–H and O–H groups in total. The molecule has 0 radical (unpaired) electrons. The maximum Gasteiger partial charge on any atom is 0.287 e. The van der Waals surface area contributed by atoms with Crippen LogP contribution in [0.25, 0.3) is 0 Å². The fourth-order valence-electron chi connectivity index (χ4n) is 1.40. The highest BCUT2D eigenvalue weighted by Gasteiger charge is 2.04. The molecular formula is C11H13N5O2S. The maximum atomic E-state index is 10.5. The minimum absolute atomic E-state index is 0.00143. The molecule has 0 spiro atoms. The van der Waals surface area contributed by atoms with Gasteiger partial charge in [-0.2, -0.15) is 11.8 Å². The van der Waals surface area contributed by atoms with Crippen LogP contribution in [0.5, 0.6) is 0 Å². The third-order valence-electron chi connectivity index (χ3n) is 2.32. The van der Waals surface area contributed by atoms with Gasteiger partial charge in [-0.15, -0.1) is 0 Å². The summed E-state index contributed by atoms with van der Waals surface area (Å²) in [4.78, 5) is 21.0. The highest BCUT2D eigenvalue weighted by Crippen LogP contribution is 2.12. The number of hydrogen-bond acceptors (Lipinski definition) is 6. The SMILES string of the molecule is O=[N+]([O-])c1ccc(NCCSCc2c[nH]cn2)nc1. The zero-order valence-corrected chi connectivity index (χ0v) is 10.9. The van der Waals surface area contributed by atoms with E-state index in [0.717, 1.165) is 23.7 Å². The van der Waals surface area contributed by atoms with E-state index in [1.807, 2.05) is 6.20 Å². The van der Waals surface area contributed by atoms with Gasteiger partial charge in [0, 0.05) is 30.3 Å². The molecule has 0 unspecified atom stereocenters. The van der Waals surface area contributed by atoms with Crippen LogP contribution in [-0.2, 0) is 5.75 Å². The average Bonchev–Trinajstić information content (AvgIpc) is 2.92. The molecular weight excluding hydrogens is 266 g/mol. The summed E-state index contributed by atoms with van der Waals surface area (Å²) >= 11 is 1.76.